The SMILES string of the molecule is Cc1cc(F)ccc1[C@@H](Sc1ccccc1)[C@H](C)OC(=O)[C@H](C)NC(=O)OC(C)(C)C. The van der Waals surface area contributed by atoms with Crippen molar-refractivity contribution in [1.82, 2.24) is 5.32 Å². The number of aryl methyl sites for hydroxylation is 1. The van der Waals surface area contributed by atoms with E-state index < -0.39 is 29.8 Å². The molecule has 0 aromatic heterocycles. The van der Waals surface area contributed by atoms with Gasteiger partial charge >= 0.3 is 12.1 Å². The molecule has 2 rings (SSSR count). The number of carbonyl (C=O) groups is 2. The highest BCUT2D eigenvalue weighted by atomic mass is 32.2. The highest BCUT2D eigenvalue weighted by molar-refractivity contribution is 7.99. The van der Waals surface area contributed by atoms with Crippen molar-refractivity contribution in [3.8, 4) is 0 Å². The minimum absolute atomic E-state index is 0.263. The van der Waals surface area contributed by atoms with E-state index >= 15 is 0 Å². The molecule has 2 aromatic carbocycles. The Bertz CT molecular complexity index is 898. The van der Waals surface area contributed by atoms with E-state index in [-0.39, 0.29) is 11.1 Å². The molecular weight excluding hydrogens is 417 g/mol. The van der Waals surface area contributed by atoms with E-state index in [0.717, 1.165) is 16.0 Å². The molecule has 0 aliphatic heterocycles. The third kappa shape index (κ3) is 7.90. The number of alkyl carbamates (subject to hydrolysis) is 1. The number of rotatable bonds is 7. The largest absolute Gasteiger partial charge is 0.460 e. The molecule has 2 aromatic rings. The van der Waals surface area contributed by atoms with Gasteiger partial charge < -0.3 is 14.8 Å². The second-order valence-corrected chi connectivity index (χ2v) is 9.58. The number of halogens is 1. The molecule has 0 unspecified atom stereocenters. The molecule has 0 aliphatic carbocycles. The van der Waals surface area contributed by atoms with Crippen LogP contribution >= 0.6 is 11.8 Å². The summed E-state index contributed by atoms with van der Waals surface area (Å²) >= 11 is 1.53. The van der Waals surface area contributed by atoms with Crippen LogP contribution in [0.3, 0.4) is 0 Å². The molecule has 31 heavy (non-hydrogen) atoms. The monoisotopic (exact) mass is 447 g/mol. The molecule has 0 bridgehead atoms. The van der Waals surface area contributed by atoms with Crippen LogP contribution in [0.25, 0.3) is 0 Å². The van der Waals surface area contributed by atoms with Gasteiger partial charge in [0.1, 0.15) is 23.6 Å². The van der Waals surface area contributed by atoms with Gasteiger partial charge in [-0.15, -0.1) is 11.8 Å². The first-order chi connectivity index (χ1) is 14.5. The molecule has 0 spiro atoms. The van der Waals surface area contributed by atoms with Gasteiger partial charge in [-0.3, -0.25) is 0 Å². The Hall–Kier alpha value is -2.54. The van der Waals surface area contributed by atoms with Crippen LogP contribution in [0.2, 0.25) is 0 Å². The lowest BCUT2D eigenvalue weighted by Gasteiger charge is -2.27. The van der Waals surface area contributed by atoms with Crippen molar-refractivity contribution in [2.24, 2.45) is 0 Å². The van der Waals surface area contributed by atoms with Crippen LogP contribution in [-0.4, -0.2) is 29.8 Å². The Morgan fingerprint density at radius 1 is 1.06 bits per heavy atom. The van der Waals surface area contributed by atoms with Gasteiger partial charge in [0, 0.05) is 4.90 Å². The number of thioether (sulfide) groups is 1. The molecule has 7 heteroatoms. The Morgan fingerprint density at radius 2 is 1.71 bits per heavy atom. The van der Waals surface area contributed by atoms with Gasteiger partial charge in [-0.05, 0) is 76.9 Å². The molecule has 1 N–H and O–H groups in total. The third-order valence-corrected chi connectivity index (χ3v) is 5.80. The molecule has 1 amide bonds. The summed E-state index contributed by atoms with van der Waals surface area (Å²) in [4.78, 5) is 25.6. The van der Waals surface area contributed by atoms with E-state index in [1.807, 2.05) is 37.3 Å². The first kappa shape index (κ1) is 24.7. The summed E-state index contributed by atoms with van der Waals surface area (Å²) in [6.07, 6.45) is -1.22. The molecule has 3 atom stereocenters. The van der Waals surface area contributed by atoms with Gasteiger partial charge in [-0.25, -0.2) is 14.0 Å². The van der Waals surface area contributed by atoms with Crippen molar-refractivity contribution < 1.29 is 23.5 Å². The fourth-order valence-electron chi connectivity index (χ4n) is 2.91. The molecule has 0 saturated heterocycles. The molecule has 5 nitrogen and oxygen atoms in total. The number of esters is 1. The van der Waals surface area contributed by atoms with Crippen LogP contribution < -0.4 is 5.32 Å². The fraction of sp³-hybridized carbons (Fsp3) is 0.417. The van der Waals surface area contributed by atoms with Crippen LogP contribution in [0.4, 0.5) is 9.18 Å². The Labute approximate surface area is 187 Å². The second-order valence-electron chi connectivity index (χ2n) is 8.36. The van der Waals surface area contributed by atoms with Crippen molar-refractivity contribution in [3.63, 3.8) is 0 Å². The summed E-state index contributed by atoms with van der Waals surface area (Å²) in [5, 5.41) is 2.23. The van der Waals surface area contributed by atoms with Gasteiger partial charge in [0.15, 0.2) is 0 Å². The Morgan fingerprint density at radius 3 is 2.29 bits per heavy atom. The summed E-state index contributed by atoms with van der Waals surface area (Å²) < 4.78 is 24.5. The van der Waals surface area contributed by atoms with Crippen LogP contribution in [-0.2, 0) is 14.3 Å². The lowest BCUT2D eigenvalue weighted by molar-refractivity contribution is -0.150. The summed E-state index contributed by atoms with van der Waals surface area (Å²) in [6.45, 7) is 10.4. The lowest BCUT2D eigenvalue weighted by Crippen LogP contribution is -2.43. The normalized spacial score (nSPS) is 14.3. The van der Waals surface area contributed by atoms with Crippen LogP contribution in [0.5, 0.6) is 0 Å². The molecular formula is C24H30FNO4S. The summed E-state index contributed by atoms with van der Waals surface area (Å²) in [7, 11) is 0. The number of hydrogen-bond donors (Lipinski definition) is 1. The number of hydrogen-bond acceptors (Lipinski definition) is 5. The first-order valence-corrected chi connectivity index (χ1v) is 11.0. The van der Waals surface area contributed by atoms with E-state index in [1.165, 1.54) is 23.9 Å². The number of benzene rings is 2. The van der Waals surface area contributed by atoms with Crippen molar-refractivity contribution in [1.29, 1.82) is 0 Å². The smallest absolute Gasteiger partial charge is 0.408 e. The minimum Gasteiger partial charge on any atom is -0.460 e. The van der Waals surface area contributed by atoms with Crippen molar-refractivity contribution in [2.45, 2.75) is 69.4 Å². The Balaban J connectivity index is 2.15. The average Bonchev–Trinajstić information content (AvgIpc) is 2.65. The lowest BCUT2D eigenvalue weighted by atomic mass is 10.0. The predicted octanol–water partition coefficient (Wildman–Crippen LogP) is 5.81. The maximum absolute atomic E-state index is 13.6. The van der Waals surface area contributed by atoms with E-state index in [0.29, 0.717) is 0 Å². The number of carbonyl (C=O) groups excluding carboxylic acids is 2. The standard InChI is InChI=1S/C24H30FNO4S/c1-15-14-18(25)12-13-20(15)21(31-19-10-8-7-9-11-19)17(3)29-22(27)16(2)26-23(28)30-24(4,5)6/h7-14,16-17,21H,1-6H3,(H,26,28)/t16-,17-,21-/m0/s1. The minimum atomic E-state index is -0.881. The van der Waals surface area contributed by atoms with E-state index in [2.05, 4.69) is 5.32 Å². The van der Waals surface area contributed by atoms with Crippen molar-refractivity contribution in [2.75, 3.05) is 0 Å². The highest BCUT2D eigenvalue weighted by Gasteiger charge is 2.29. The average molecular weight is 448 g/mol. The van der Waals surface area contributed by atoms with Crippen molar-refractivity contribution in [3.05, 3.63) is 65.5 Å². The summed E-state index contributed by atoms with van der Waals surface area (Å²) in [5.74, 6) is -0.888. The predicted molar refractivity (Wildman–Crippen MR) is 121 cm³/mol. The Kier molecular flexibility index (Phi) is 8.51. The van der Waals surface area contributed by atoms with Gasteiger partial charge in [0.2, 0.25) is 0 Å². The zero-order chi connectivity index (χ0) is 23.2. The molecule has 0 radical (unpaired) electrons. The van der Waals surface area contributed by atoms with E-state index in [1.54, 1.807) is 40.7 Å². The molecule has 0 heterocycles. The van der Waals surface area contributed by atoms with Gasteiger partial charge in [0.25, 0.3) is 0 Å². The van der Waals surface area contributed by atoms with Crippen molar-refractivity contribution >= 4 is 23.8 Å². The number of ether oxygens (including phenoxy) is 2. The molecule has 0 saturated carbocycles. The summed E-state index contributed by atoms with van der Waals surface area (Å²) in [6, 6.07) is 13.4. The van der Waals surface area contributed by atoms with Crippen LogP contribution in [0, 0.1) is 12.7 Å². The number of amides is 1. The van der Waals surface area contributed by atoms with E-state index in [4.69, 9.17) is 9.47 Å². The van der Waals surface area contributed by atoms with Gasteiger partial charge in [-0.2, -0.15) is 0 Å². The zero-order valence-corrected chi connectivity index (χ0v) is 19.6. The quantitative estimate of drug-likeness (QED) is 0.428. The summed E-state index contributed by atoms with van der Waals surface area (Å²) in [5.41, 5.74) is 0.984. The topological polar surface area (TPSA) is 64.6 Å². The van der Waals surface area contributed by atoms with Crippen LogP contribution in [0.1, 0.15) is 51.0 Å². The molecule has 168 valence electrons. The maximum Gasteiger partial charge on any atom is 0.408 e. The second kappa shape index (κ2) is 10.7. The van der Waals surface area contributed by atoms with E-state index in [9.17, 15) is 14.0 Å². The number of nitrogens with one attached hydrogen (secondary N) is 1. The fourth-order valence-corrected chi connectivity index (χ4v) is 4.15. The highest BCUT2D eigenvalue weighted by Crippen LogP contribution is 2.40. The van der Waals surface area contributed by atoms with Gasteiger partial charge in [-0.1, -0.05) is 24.3 Å². The first-order valence-electron chi connectivity index (χ1n) is 10.1. The maximum atomic E-state index is 13.6. The van der Waals surface area contributed by atoms with Gasteiger partial charge in [0.05, 0.1) is 5.25 Å². The third-order valence-electron chi connectivity index (χ3n) is 4.36. The zero-order valence-electron chi connectivity index (χ0n) is 18.8. The van der Waals surface area contributed by atoms with Crippen LogP contribution in [0.15, 0.2) is 53.4 Å². The molecule has 0 aliphatic rings. The molecule has 0 fully saturated rings.